The third kappa shape index (κ3) is 1.99. The van der Waals surface area contributed by atoms with Crippen molar-refractivity contribution < 1.29 is 9.84 Å². The SMILES string of the molecule is CO[C@@H]1CN(C(N)=NC2CC2)C[C@H]1O. The van der Waals surface area contributed by atoms with Crippen LogP contribution in [0.5, 0.6) is 0 Å². The van der Waals surface area contributed by atoms with Gasteiger partial charge in [-0.25, -0.2) is 4.99 Å². The third-order valence-electron chi connectivity index (χ3n) is 2.73. The van der Waals surface area contributed by atoms with Crippen LogP contribution in [-0.2, 0) is 4.74 Å². The lowest BCUT2D eigenvalue weighted by atomic mass is 10.3. The van der Waals surface area contributed by atoms with Gasteiger partial charge in [0.2, 0.25) is 0 Å². The predicted molar refractivity (Wildman–Crippen MR) is 53.0 cm³/mol. The van der Waals surface area contributed by atoms with E-state index in [4.69, 9.17) is 10.5 Å². The molecule has 0 aromatic rings. The maximum atomic E-state index is 9.58. The molecular weight excluding hydrogens is 182 g/mol. The van der Waals surface area contributed by atoms with E-state index in [0.29, 0.717) is 25.1 Å². The fourth-order valence-corrected chi connectivity index (χ4v) is 1.65. The monoisotopic (exact) mass is 199 g/mol. The second kappa shape index (κ2) is 3.74. The summed E-state index contributed by atoms with van der Waals surface area (Å²) in [5.74, 6) is 0.547. The molecule has 2 rings (SSSR count). The molecule has 5 heteroatoms. The molecule has 1 saturated heterocycles. The highest BCUT2D eigenvalue weighted by molar-refractivity contribution is 5.78. The molecule has 80 valence electrons. The van der Waals surface area contributed by atoms with Crippen molar-refractivity contribution in [3.8, 4) is 0 Å². The minimum absolute atomic E-state index is 0.136. The summed E-state index contributed by atoms with van der Waals surface area (Å²) in [5.41, 5.74) is 5.81. The summed E-state index contributed by atoms with van der Waals surface area (Å²) in [5, 5.41) is 9.58. The number of nitrogens with zero attached hydrogens (tertiary/aromatic N) is 2. The number of β-amino-alcohol motifs (C(OH)–C–C–N with tert-alkyl or cyclic N) is 1. The molecule has 14 heavy (non-hydrogen) atoms. The molecule has 0 aromatic heterocycles. The maximum Gasteiger partial charge on any atom is 0.191 e. The highest BCUT2D eigenvalue weighted by Gasteiger charge is 2.33. The zero-order chi connectivity index (χ0) is 10.1. The Morgan fingerprint density at radius 1 is 1.50 bits per heavy atom. The number of aliphatic hydroxyl groups is 1. The molecule has 0 spiro atoms. The van der Waals surface area contributed by atoms with E-state index in [2.05, 4.69) is 4.99 Å². The molecule has 1 aliphatic carbocycles. The molecule has 1 aliphatic heterocycles. The largest absolute Gasteiger partial charge is 0.388 e. The Morgan fingerprint density at radius 3 is 2.71 bits per heavy atom. The van der Waals surface area contributed by atoms with Crippen LogP contribution in [0.25, 0.3) is 0 Å². The van der Waals surface area contributed by atoms with Crippen LogP contribution in [0.3, 0.4) is 0 Å². The van der Waals surface area contributed by atoms with Gasteiger partial charge in [0.15, 0.2) is 5.96 Å². The fraction of sp³-hybridized carbons (Fsp3) is 0.889. The first-order valence-electron chi connectivity index (χ1n) is 5.00. The molecule has 5 nitrogen and oxygen atoms in total. The number of nitrogens with two attached hydrogens (primary N) is 1. The molecule has 2 aliphatic rings. The second-order valence-corrected chi connectivity index (χ2v) is 3.96. The first kappa shape index (κ1) is 9.73. The number of methoxy groups -OCH3 is 1. The van der Waals surface area contributed by atoms with Crippen LogP contribution in [0.15, 0.2) is 4.99 Å². The number of aliphatic hydroxyl groups excluding tert-OH is 1. The Bertz CT molecular complexity index is 240. The zero-order valence-corrected chi connectivity index (χ0v) is 8.39. The standard InChI is InChI=1S/C9H17N3O2/c1-14-8-5-12(4-7(8)13)9(10)11-6-2-3-6/h6-8,13H,2-5H2,1H3,(H2,10,11)/t7-,8-/m1/s1. The van der Waals surface area contributed by atoms with Gasteiger partial charge in [-0.05, 0) is 12.8 Å². The van der Waals surface area contributed by atoms with Gasteiger partial charge in [-0.2, -0.15) is 0 Å². The normalized spacial score (nSPS) is 33.9. The van der Waals surface area contributed by atoms with Crippen LogP contribution in [0.2, 0.25) is 0 Å². The Balaban J connectivity index is 1.92. The summed E-state index contributed by atoms with van der Waals surface area (Å²) < 4.78 is 5.12. The number of guanidine groups is 1. The molecule has 2 fully saturated rings. The van der Waals surface area contributed by atoms with Gasteiger partial charge in [0.05, 0.1) is 12.1 Å². The van der Waals surface area contributed by atoms with Crippen LogP contribution in [0.4, 0.5) is 0 Å². The molecule has 0 unspecified atom stereocenters. The van der Waals surface area contributed by atoms with Crippen molar-refractivity contribution >= 4 is 5.96 Å². The zero-order valence-electron chi connectivity index (χ0n) is 8.39. The van der Waals surface area contributed by atoms with Gasteiger partial charge in [-0.15, -0.1) is 0 Å². The van der Waals surface area contributed by atoms with Crippen LogP contribution in [0, 0.1) is 0 Å². The predicted octanol–water partition coefficient (Wildman–Crippen LogP) is -0.845. The van der Waals surface area contributed by atoms with Crippen LogP contribution in [-0.4, -0.2) is 54.4 Å². The van der Waals surface area contributed by atoms with Crippen molar-refractivity contribution in [2.45, 2.75) is 31.1 Å². The summed E-state index contributed by atoms with van der Waals surface area (Å²) in [4.78, 5) is 6.21. The average molecular weight is 199 g/mol. The van der Waals surface area contributed by atoms with E-state index in [9.17, 15) is 5.11 Å². The number of aliphatic imine (C=N–C) groups is 1. The molecular formula is C9H17N3O2. The molecule has 0 amide bonds. The first-order chi connectivity index (χ1) is 6.70. The molecule has 0 radical (unpaired) electrons. The lowest BCUT2D eigenvalue weighted by molar-refractivity contribution is 0.0216. The quantitative estimate of drug-likeness (QED) is 0.449. The molecule has 0 bridgehead atoms. The third-order valence-corrected chi connectivity index (χ3v) is 2.73. The van der Waals surface area contributed by atoms with Crippen molar-refractivity contribution in [1.82, 2.24) is 4.90 Å². The number of hydrogen-bond acceptors (Lipinski definition) is 3. The fourth-order valence-electron chi connectivity index (χ4n) is 1.65. The van der Waals surface area contributed by atoms with Crippen molar-refractivity contribution in [2.75, 3.05) is 20.2 Å². The van der Waals surface area contributed by atoms with Gasteiger partial charge in [0.1, 0.15) is 6.10 Å². The molecule has 0 aromatic carbocycles. The Morgan fingerprint density at radius 2 is 2.21 bits per heavy atom. The number of likely N-dealkylation sites (tertiary alicyclic amines) is 1. The Hall–Kier alpha value is -0.810. The molecule has 3 N–H and O–H groups in total. The Kier molecular flexibility index (Phi) is 2.60. The van der Waals surface area contributed by atoms with E-state index >= 15 is 0 Å². The van der Waals surface area contributed by atoms with Crippen molar-refractivity contribution in [1.29, 1.82) is 0 Å². The summed E-state index contributed by atoms with van der Waals surface area (Å²) in [6, 6.07) is 0.425. The van der Waals surface area contributed by atoms with Gasteiger partial charge in [-0.3, -0.25) is 0 Å². The Labute approximate surface area is 83.5 Å². The maximum absolute atomic E-state index is 9.58. The van der Waals surface area contributed by atoms with Gasteiger partial charge in [0.25, 0.3) is 0 Å². The molecule has 1 saturated carbocycles. The van der Waals surface area contributed by atoms with E-state index in [-0.39, 0.29) is 6.10 Å². The topological polar surface area (TPSA) is 71.1 Å². The van der Waals surface area contributed by atoms with Crippen molar-refractivity contribution in [2.24, 2.45) is 10.7 Å². The average Bonchev–Trinajstić information content (AvgIpc) is 2.87. The van der Waals surface area contributed by atoms with Gasteiger partial charge >= 0.3 is 0 Å². The lowest BCUT2D eigenvalue weighted by Crippen LogP contribution is -2.36. The minimum atomic E-state index is -0.451. The van der Waals surface area contributed by atoms with E-state index in [0.717, 1.165) is 12.8 Å². The number of ether oxygens (including phenoxy) is 1. The molecule has 1 heterocycles. The van der Waals surface area contributed by atoms with Gasteiger partial charge in [-0.1, -0.05) is 0 Å². The van der Waals surface area contributed by atoms with Crippen LogP contribution < -0.4 is 5.73 Å². The van der Waals surface area contributed by atoms with E-state index in [1.807, 2.05) is 4.90 Å². The summed E-state index contributed by atoms with van der Waals surface area (Å²) >= 11 is 0. The first-order valence-corrected chi connectivity index (χ1v) is 5.00. The van der Waals surface area contributed by atoms with Crippen molar-refractivity contribution in [3.63, 3.8) is 0 Å². The summed E-state index contributed by atoms with van der Waals surface area (Å²) in [7, 11) is 1.60. The van der Waals surface area contributed by atoms with E-state index in [1.54, 1.807) is 7.11 Å². The smallest absolute Gasteiger partial charge is 0.191 e. The summed E-state index contributed by atoms with van der Waals surface area (Å²) in [6.07, 6.45) is 1.70. The van der Waals surface area contributed by atoms with Crippen LogP contribution in [0.1, 0.15) is 12.8 Å². The highest BCUT2D eigenvalue weighted by Crippen LogP contribution is 2.24. The van der Waals surface area contributed by atoms with Gasteiger partial charge < -0.3 is 20.5 Å². The number of rotatable bonds is 2. The summed E-state index contributed by atoms with van der Waals surface area (Å²) in [6.45, 7) is 1.17. The lowest BCUT2D eigenvalue weighted by Gasteiger charge is -2.16. The van der Waals surface area contributed by atoms with E-state index < -0.39 is 6.10 Å². The van der Waals surface area contributed by atoms with Gasteiger partial charge in [0, 0.05) is 20.2 Å². The van der Waals surface area contributed by atoms with Crippen LogP contribution >= 0.6 is 0 Å². The highest BCUT2D eigenvalue weighted by atomic mass is 16.5. The van der Waals surface area contributed by atoms with Crippen molar-refractivity contribution in [3.05, 3.63) is 0 Å². The van der Waals surface area contributed by atoms with E-state index in [1.165, 1.54) is 0 Å². The molecule has 2 atom stereocenters. The number of hydrogen-bond donors (Lipinski definition) is 2. The second-order valence-electron chi connectivity index (χ2n) is 3.96. The minimum Gasteiger partial charge on any atom is -0.388 e.